The zero-order valence-corrected chi connectivity index (χ0v) is 15.6. The van der Waals surface area contributed by atoms with Crippen LogP contribution in [0.4, 0.5) is 5.00 Å². The van der Waals surface area contributed by atoms with Gasteiger partial charge in [0.25, 0.3) is 0 Å². The first kappa shape index (κ1) is 18.8. The first-order valence-corrected chi connectivity index (χ1v) is 9.34. The highest BCUT2D eigenvalue weighted by Gasteiger charge is 2.28. The number of rotatable bonds is 4. The van der Waals surface area contributed by atoms with Crippen molar-refractivity contribution in [3.8, 4) is 0 Å². The van der Waals surface area contributed by atoms with Crippen LogP contribution in [-0.4, -0.2) is 31.1 Å². The van der Waals surface area contributed by atoms with Gasteiger partial charge in [0.2, 0.25) is 0 Å². The van der Waals surface area contributed by atoms with Gasteiger partial charge in [-0.3, -0.25) is 9.59 Å². The molecule has 3 rings (SSSR count). The standard InChI is InChI=1S/C19H19N3O4S/c1-26-19(25)15-13-9-5-6-10-14(13)27-18(15)21-16(23)17(24)22-20-11-12-7-3-2-4-8-12/h2-4,7-8,11H,5-6,9-10H2,1H3,(H,21,23)(H,22,24)/b20-11+. The predicted molar refractivity (Wildman–Crippen MR) is 103 cm³/mol. The molecule has 0 aliphatic heterocycles. The van der Waals surface area contributed by atoms with Gasteiger partial charge in [-0.1, -0.05) is 30.3 Å². The number of hydrazone groups is 1. The van der Waals surface area contributed by atoms with Crippen molar-refractivity contribution in [1.82, 2.24) is 5.43 Å². The number of hydrogen-bond donors (Lipinski definition) is 2. The summed E-state index contributed by atoms with van der Waals surface area (Å²) in [5.41, 5.74) is 4.24. The Morgan fingerprint density at radius 2 is 1.85 bits per heavy atom. The maximum atomic E-state index is 12.2. The lowest BCUT2D eigenvalue weighted by Crippen LogP contribution is -2.32. The number of fused-ring (bicyclic) bond motifs is 1. The molecule has 27 heavy (non-hydrogen) atoms. The molecular formula is C19H19N3O4S. The van der Waals surface area contributed by atoms with Crippen LogP contribution in [0.3, 0.4) is 0 Å². The van der Waals surface area contributed by atoms with Gasteiger partial charge in [-0.25, -0.2) is 10.2 Å². The maximum absolute atomic E-state index is 12.2. The van der Waals surface area contributed by atoms with Crippen LogP contribution < -0.4 is 10.7 Å². The van der Waals surface area contributed by atoms with Crippen LogP contribution >= 0.6 is 11.3 Å². The Hall–Kier alpha value is -3.00. The molecule has 1 heterocycles. The smallest absolute Gasteiger partial charge is 0.341 e. The monoisotopic (exact) mass is 385 g/mol. The molecule has 0 saturated heterocycles. The van der Waals surface area contributed by atoms with Gasteiger partial charge >= 0.3 is 17.8 Å². The Bertz CT molecular complexity index is 890. The number of ether oxygens (including phenoxy) is 1. The molecule has 1 aliphatic carbocycles. The van der Waals surface area contributed by atoms with E-state index in [9.17, 15) is 14.4 Å². The average Bonchev–Trinajstić information content (AvgIpc) is 3.05. The minimum Gasteiger partial charge on any atom is -0.465 e. The Morgan fingerprint density at radius 1 is 1.11 bits per heavy atom. The number of anilines is 1. The number of carbonyl (C=O) groups is 3. The molecule has 0 saturated carbocycles. The summed E-state index contributed by atoms with van der Waals surface area (Å²) >= 11 is 1.32. The highest BCUT2D eigenvalue weighted by atomic mass is 32.1. The molecule has 1 aromatic heterocycles. The van der Waals surface area contributed by atoms with Gasteiger partial charge in [0.15, 0.2) is 0 Å². The van der Waals surface area contributed by atoms with Crippen LogP contribution in [0, 0.1) is 0 Å². The van der Waals surface area contributed by atoms with Crippen molar-refractivity contribution in [2.24, 2.45) is 5.10 Å². The van der Waals surface area contributed by atoms with E-state index >= 15 is 0 Å². The van der Waals surface area contributed by atoms with Gasteiger partial charge in [0.05, 0.1) is 18.9 Å². The molecule has 0 unspecified atom stereocenters. The summed E-state index contributed by atoms with van der Waals surface area (Å²) in [6, 6.07) is 9.16. The van der Waals surface area contributed by atoms with Crippen LogP contribution in [-0.2, 0) is 27.2 Å². The quantitative estimate of drug-likeness (QED) is 0.366. The van der Waals surface area contributed by atoms with Gasteiger partial charge in [0.1, 0.15) is 5.00 Å². The van der Waals surface area contributed by atoms with Gasteiger partial charge in [-0.2, -0.15) is 5.10 Å². The molecule has 0 radical (unpaired) electrons. The molecule has 0 atom stereocenters. The second kappa shape index (κ2) is 8.59. The predicted octanol–water partition coefficient (Wildman–Crippen LogP) is 2.50. The highest BCUT2D eigenvalue weighted by molar-refractivity contribution is 7.17. The number of benzene rings is 1. The lowest BCUT2D eigenvalue weighted by atomic mass is 9.95. The molecule has 7 nitrogen and oxygen atoms in total. The third kappa shape index (κ3) is 4.40. The fraction of sp³-hybridized carbons (Fsp3) is 0.263. The summed E-state index contributed by atoms with van der Waals surface area (Å²) in [6.07, 6.45) is 5.08. The first-order chi connectivity index (χ1) is 13.1. The van der Waals surface area contributed by atoms with Crippen molar-refractivity contribution < 1.29 is 19.1 Å². The summed E-state index contributed by atoms with van der Waals surface area (Å²) in [5, 5.41) is 6.64. The van der Waals surface area contributed by atoms with E-state index in [0.717, 1.165) is 41.7 Å². The zero-order valence-electron chi connectivity index (χ0n) is 14.8. The molecule has 8 heteroatoms. The summed E-state index contributed by atoms with van der Waals surface area (Å²) in [7, 11) is 1.30. The van der Waals surface area contributed by atoms with Crippen molar-refractivity contribution in [1.29, 1.82) is 0 Å². The second-order valence-corrected chi connectivity index (χ2v) is 7.08. The van der Waals surface area contributed by atoms with E-state index in [0.29, 0.717) is 10.6 Å². The van der Waals surface area contributed by atoms with E-state index in [4.69, 9.17) is 4.74 Å². The van der Waals surface area contributed by atoms with Gasteiger partial charge in [-0.15, -0.1) is 11.3 Å². The number of nitrogens with zero attached hydrogens (tertiary/aromatic N) is 1. The van der Waals surface area contributed by atoms with Crippen molar-refractivity contribution >= 4 is 40.3 Å². The SMILES string of the molecule is COC(=O)c1c(NC(=O)C(=O)N/N=C/c2ccccc2)sc2c1CCCC2. The number of aryl methyl sites for hydroxylation is 1. The third-order valence-corrected chi connectivity index (χ3v) is 5.38. The fourth-order valence-electron chi connectivity index (χ4n) is 2.89. The Morgan fingerprint density at radius 3 is 2.59 bits per heavy atom. The number of nitrogens with one attached hydrogen (secondary N) is 2. The Kier molecular flexibility index (Phi) is 5.97. The van der Waals surface area contributed by atoms with E-state index < -0.39 is 17.8 Å². The first-order valence-electron chi connectivity index (χ1n) is 8.52. The summed E-state index contributed by atoms with van der Waals surface area (Å²) in [4.78, 5) is 37.4. The molecule has 0 fully saturated rings. The van der Waals surface area contributed by atoms with Crippen molar-refractivity contribution in [3.63, 3.8) is 0 Å². The van der Waals surface area contributed by atoms with Crippen molar-refractivity contribution in [2.45, 2.75) is 25.7 Å². The Balaban J connectivity index is 1.70. The second-order valence-electron chi connectivity index (χ2n) is 5.97. The molecule has 0 spiro atoms. The average molecular weight is 385 g/mol. The van der Waals surface area contributed by atoms with Crippen LogP contribution in [0.25, 0.3) is 0 Å². The molecule has 140 valence electrons. The van der Waals surface area contributed by atoms with Crippen molar-refractivity contribution in [2.75, 3.05) is 12.4 Å². The normalized spacial score (nSPS) is 13.1. The number of thiophene rings is 1. The minimum absolute atomic E-state index is 0.348. The molecule has 2 N–H and O–H groups in total. The van der Waals surface area contributed by atoms with E-state index in [1.807, 2.05) is 30.3 Å². The topological polar surface area (TPSA) is 96.9 Å². The fourth-order valence-corrected chi connectivity index (χ4v) is 4.16. The Labute approximate surface area is 160 Å². The third-order valence-electron chi connectivity index (χ3n) is 4.17. The van der Waals surface area contributed by atoms with E-state index in [1.54, 1.807) is 0 Å². The highest BCUT2D eigenvalue weighted by Crippen LogP contribution is 2.38. The van der Waals surface area contributed by atoms with E-state index in [2.05, 4.69) is 15.8 Å². The lowest BCUT2D eigenvalue weighted by Gasteiger charge is -2.11. The molecule has 1 aromatic carbocycles. The van der Waals surface area contributed by atoms with Crippen molar-refractivity contribution in [3.05, 3.63) is 51.9 Å². The number of hydrogen-bond acceptors (Lipinski definition) is 6. The van der Waals surface area contributed by atoms with Gasteiger partial charge in [0, 0.05) is 4.88 Å². The molecule has 2 amide bonds. The van der Waals surface area contributed by atoms with Crippen LogP contribution in [0.1, 0.15) is 39.2 Å². The maximum Gasteiger partial charge on any atom is 0.341 e. The van der Waals surface area contributed by atoms with Crippen LogP contribution in [0.2, 0.25) is 0 Å². The largest absolute Gasteiger partial charge is 0.465 e. The number of amides is 2. The van der Waals surface area contributed by atoms with Crippen LogP contribution in [0.5, 0.6) is 0 Å². The number of methoxy groups -OCH3 is 1. The van der Waals surface area contributed by atoms with E-state index in [-0.39, 0.29) is 0 Å². The van der Waals surface area contributed by atoms with Gasteiger partial charge < -0.3 is 10.1 Å². The number of esters is 1. The summed E-state index contributed by atoms with van der Waals surface area (Å²) in [5.74, 6) is -2.31. The molecule has 1 aliphatic rings. The van der Waals surface area contributed by atoms with Gasteiger partial charge in [-0.05, 0) is 36.8 Å². The lowest BCUT2D eigenvalue weighted by molar-refractivity contribution is -0.136. The molecular weight excluding hydrogens is 366 g/mol. The van der Waals surface area contributed by atoms with E-state index in [1.165, 1.54) is 24.7 Å². The molecule has 2 aromatic rings. The number of carbonyl (C=O) groups excluding carboxylic acids is 3. The molecule has 0 bridgehead atoms. The summed E-state index contributed by atoms with van der Waals surface area (Å²) < 4.78 is 4.85. The van der Waals surface area contributed by atoms with Crippen LogP contribution in [0.15, 0.2) is 35.4 Å². The zero-order chi connectivity index (χ0) is 19.2. The summed E-state index contributed by atoms with van der Waals surface area (Å²) in [6.45, 7) is 0. The minimum atomic E-state index is -0.913.